The maximum absolute atomic E-state index is 10.6. The molecular formula is C31H54O5. The molecule has 3 saturated carbocycles. The van der Waals surface area contributed by atoms with E-state index >= 15 is 0 Å². The number of allylic oxidation sites excluding steroid dienone is 3. The summed E-state index contributed by atoms with van der Waals surface area (Å²) in [6.07, 6.45) is 14.9. The lowest BCUT2D eigenvalue weighted by Gasteiger charge is -2.45. The van der Waals surface area contributed by atoms with Gasteiger partial charge in [0.15, 0.2) is 0 Å². The van der Waals surface area contributed by atoms with Gasteiger partial charge < -0.3 is 25.5 Å². The van der Waals surface area contributed by atoms with Crippen molar-refractivity contribution in [3.63, 3.8) is 0 Å². The van der Waals surface area contributed by atoms with E-state index in [1.165, 1.54) is 31.3 Å². The van der Waals surface area contributed by atoms with Gasteiger partial charge in [0, 0.05) is 0 Å². The Balaban J connectivity index is 1.76. The van der Waals surface area contributed by atoms with Crippen LogP contribution in [-0.4, -0.2) is 55.0 Å². The highest BCUT2D eigenvalue weighted by Gasteiger charge is 2.51. The van der Waals surface area contributed by atoms with E-state index in [9.17, 15) is 25.5 Å². The molecule has 0 spiro atoms. The number of aliphatic hydroxyl groups excluding tert-OH is 3. The van der Waals surface area contributed by atoms with Crippen molar-refractivity contribution in [2.75, 3.05) is 0 Å². The summed E-state index contributed by atoms with van der Waals surface area (Å²) in [5, 5.41) is 51.3. The van der Waals surface area contributed by atoms with E-state index in [4.69, 9.17) is 0 Å². The van der Waals surface area contributed by atoms with Gasteiger partial charge >= 0.3 is 0 Å². The molecule has 0 saturated heterocycles. The second-order valence-electron chi connectivity index (χ2n) is 13.8. The van der Waals surface area contributed by atoms with Crippen LogP contribution in [0.25, 0.3) is 0 Å². The van der Waals surface area contributed by atoms with Gasteiger partial charge in [-0.05, 0) is 121 Å². The lowest BCUT2D eigenvalue weighted by atomic mass is 9.60. The first-order valence-corrected chi connectivity index (χ1v) is 14.6. The average Bonchev–Trinajstić information content (AvgIpc) is 3.09. The van der Waals surface area contributed by atoms with E-state index in [2.05, 4.69) is 19.1 Å². The summed E-state index contributed by atoms with van der Waals surface area (Å²) in [4.78, 5) is 0. The van der Waals surface area contributed by atoms with E-state index in [0.29, 0.717) is 43.4 Å². The van der Waals surface area contributed by atoms with Crippen LogP contribution in [0.3, 0.4) is 0 Å². The molecule has 0 heterocycles. The molecule has 0 radical (unpaired) electrons. The van der Waals surface area contributed by atoms with Crippen LogP contribution in [0.1, 0.15) is 118 Å². The van der Waals surface area contributed by atoms with Crippen LogP contribution in [0.5, 0.6) is 0 Å². The molecule has 3 unspecified atom stereocenters. The highest BCUT2D eigenvalue weighted by Crippen LogP contribution is 2.60. The third-order valence-corrected chi connectivity index (χ3v) is 9.67. The Labute approximate surface area is 219 Å². The van der Waals surface area contributed by atoms with Crippen LogP contribution in [-0.2, 0) is 0 Å². The first-order valence-electron chi connectivity index (χ1n) is 14.6. The standard InChI is InChI=1S/C31H54O5/c1-29(2,35)16-6-8-23(12-15-28(34)30(3,4)36)27-14-13-26-22(9-7-17-31(26,27)5)11-10-21-18-24(32)20-25(33)19-21/h10-11,23-28,32-36H,6-9,12-20H2,1-5H3/t23-,24+,25+,26?,27?,28?,31-/m0/s1. The molecule has 0 bridgehead atoms. The highest BCUT2D eigenvalue weighted by atomic mass is 16.3. The molecule has 5 heteroatoms. The van der Waals surface area contributed by atoms with Gasteiger partial charge in [-0.25, -0.2) is 0 Å². The Morgan fingerprint density at radius 2 is 1.64 bits per heavy atom. The topological polar surface area (TPSA) is 101 Å². The molecule has 0 aromatic carbocycles. The molecule has 0 aromatic heterocycles. The van der Waals surface area contributed by atoms with Gasteiger partial charge in [-0.2, -0.15) is 0 Å². The molecule has 36 heavy (non-hydrogen) atoms. The first kappa shape index (κ1) is 29.8. The molecule has 3 fully saturated rings. The average molecular weight is 507 g/mol. The molecule has 5 nitrogen and oxygen atoms in total. The van der Waals surface area contributed by atoms with Gasteiger partial charge in [-0.3, -0.25) is 0 Å². The number of aliphatic hydroxyl groups is 5. The molecule has 208 valence electrons. The van der Waals surface area contributed by atoms with Crippen LogP contribution >= 0.6 is 0 Å². The highest BCUT2D eigenvalue weighted by molar-refractivity contribution is 5.26. The van der Waals surface area contributed by atoms with Gasteiger partial charge in [0.05, 0.1) is 29.5 Å². The molecule has 5 N–H and O–H groups in total. The summed E-state index contributed by atoms with van der Waals surface area (Å²) in [7, 11) is 0. The van der Waals surface area contributed by atoms with Crippen molar-refractivity contribution in [1.82, 2.24) is 0 Å². The Morgan fingerprint density at radius 3 is 2.25 bits per heavy atom. The second-order valence-corrected chi connectivity index (χ2v) is 13.8. The minimum absolute atomic E-state index is 0.229. The summed E-state index contributed by atoms with van der Waals surface area (Å²) in [5.41, 5.74) is 1.16. The fraction of sp³-hybridized carbons (Fsp3) is 0.871. The van der Waals surface area contributed by atoms with Gasteiger partial charge in [0.2, 0.25) is 0 Å². The van der Waals surface area contributed by atoms with Gasteiger partial charge in [0.1, 0.15) is 0 Å². The van der Waals surface area contributed by atoms with Crippen molar-refractivity contribution in [1.29, 1.82) is 0 Å². The van der Waals surface area contributed by atoms with Crippen LogP contribution in [0.4, 0.5) is 0 Å². The predicted octanol–water partition coefficient (Wildman–Crippen LogP) is 5.43. The minimum atomic E-state index is -1.09. The monoisotopic (exact) mass is 506 g/mol. The zero-order valence-corrected chi connectivity index (χ0v) is 23.5. The first-order chi connectivity index (χ1) is 16.7. The van der Waals surface area contributed by atoms with Crippen molar-refractivity contribution >= 4 is 0 Å². The summed E-state index contributed by atoms with van der Waals surface area (Å²) in [6.45, 7) is 9.61. The smallest absolute Gasteiger partial charge is 0.0849 e. The van der Waals surface area contributed by atoms with Crippen LogP contribution < -0.4 is 0 Å². The van der Waals surface area contributed by atoms with Crippen molar-refractivity contribution in [3.8, 4) is 0 Å². The third-order valence-electron chi connectivity index (χ3n) is 9.67. The zero-order chi connectivity index (χ0) is 26.7. The van der Waals surface area contributed by atoms with Crippen molar-refractivity contribution in [2.45, 2.75) is 148 Å². The van der Waals surface area contributed by atoms with Gasteiger partial charge in [0.25, 0.3) is 0 Å². The largest absolute Gasteiger partial charge is 0.393 e. The molecule has 0 aromatic rings. The molecular weight excluding hydrogens is 452 g/mol. The van der Waals surface area contributed by atoms with E-state index in [-0.39, 0.29) is 5.41 Å². The van der Waals surface area contributed by atoms with Crippen LogP contribution in [0.2, 0.25) is 0 Å². The molecule has 3 rings (SSSR count). The van der Waals surface area contributed by atoms with Crippen LogP contribution in [0.15, 0.2) is 23.3 Å². The fourth-order valence-electron chi connectivity index (χ4n) is 7.65. The Bertz CT molecular complexity index is 761. The maximum Gasteiger partial charge on any atom is 0.0849 e. The summed E-state index contributed by atoms with van der Waals surface area (Å²) in [6, 6.07) is 0. The second kappa shape index (κ2) is 12.0. The minimum Gasteiger partial charge on any atom is -0.393 e. The van der Waals surface area contributed by atoms with E-state index in [1.807, 2.05) is 13.8 Å². The molecule has 3 aliphatic carbocycles. The van der Waals surface area contributed by atoms with Gasteiger partial charge in [-0.15, -0.1) is 0 Å². The zero-order valence-electron chi connectivity index (χ0n) is 23.5. The molecule has 0 aliphatic heterocycles. The summed E-state index contributed by atoms with van der Waals surface area (Å²) < 4.78 is 0. The Morgan fingerprint density at radius 1 is 0.972 bits per heavy atom. The molecule has 0 amide bonds. The third kappa shape index (κ3) is 7.89. The van der Waals surface area contributed by atoms with E-state index < -0.39 is 29.5 Å². The van der Waals surface area contributed by atoms with Crippen molar-refractivity contribution in [2.24, 2.45) is 23.2 Å². The normalized spacial score (nSPS) is 34.5. The van der Waals surface area contributed by atoms with E-state index in [0.717, 1.165) is 37.7 Å². The number of fused-ring (bicyclic) bond motifs is 1. The maximum atomic E-state index is 10.6. The lowest BCUT2D eigenvalue weighted by Crippen LogP contribution is -2.39. The number of rotatable bonds is 10. The lowest BCUT2D eigenvalue weighted by molar-refractivity contribution is -0.0563. The molecule has 7 atom stereocenters. The Hall–Kier alpha value is -0.720. The van der Waals surface area contributed by atoms with Gasteiger partial charge in [-0.1, -0.05) is 43.1 Å². The number of hydrogen-bond donors (Lipinski definition) is 5. The quantitative estimate of drug-likeness (QED) is 0.272. The van der Waals surface area contributed by atoms with E-state index in [1.54, 1.807) is 13.8 Å². The SMILES string of the molecule is CC(C)(O)CCC[C@@H](CCC(O)C(C)(C)O)C1CCC2C(=CC=C3C[C@@H](O)C[C@H](O)C3)CCC[C@@]21C. The van der Waals surface area contributed by atoms with Crippen LogP contribution in [0, 0.1) is 23.2 Å². The summed E-state index contributed by atoms with van der Waals surface area (Å²) in [5.74, 6) is 1.61. The summed E-state index contributed by atoms with van der Waals surface area (Å²) >= 11 is 0. The van der Waals surface area contributed by atoms with Crippen molar-refractivity contribution in [3.05, 3.63) is 23.3 Å². The molecule has 3 aliphatic rings. The predicted molar refractivity (Wildman–Crippen MR) is 145 cm³/mol. The fourth-order valence-corrected chi connectivity index (χ4v) is 7.65. The Kier molecular flexibility index (Phi) is 9.93. The van der Waals surface area contributed by atoms with Crippen molar-refractivity contribution < 1.29 is 25.5 Å². The number of hydrogen-bond acceptors (Lipinski definition) is 5.